The molecule has 1 N–H and O–H groups in total. The van der Waals surface area contributed by atoms with Gasteiger partial charge in [-0.05, 0) is 24.3 Å². The SMILES string of the molecule is O=C(CN1CCN(S(=O)(=O)c2ccccc2Cl)CC1)Nc1ccccc1C(F)(F)F. The maximum Gasteiger partial charge on any atom is 0.418 e. The molecule has 162 valence electrons. The number of alkyl halides is 3. The molecule has 3 rings (SSSR count). The number of carbonyl (C=O) groups is 1. The van der Waals surface area contributed by atoms with Crippen LogP contribution in [0.3, 0.4) is 0 Å². The first kappa shape index (κ1) is 22.5. The van der Waals surface area contributed by atoms with E-state index in [4.69, 9.17) is 11.6 Å². The Kier molecular flexibility index (Phi) is 6.71. The molecule has 0 atom stereocenters. The number of amides is 1. The number of hydrogen-bond donors (Lipinski definition) is 1. The van der Waals surface area contributed by atoms with Crippen molar-refractivity contribution < 1.29 is 26.4 Å². The van der Waals surface area contributed by atoms with E-state index in [9.17, 15) is 26.4 Å². The maximum absolute atomic E-state index is 13.0. The molecular weight excluding hydrogens is 443 g/mol. The number of rotatable bonds is 5. The average Bonchev–Trinajstić information content (AvgIpc) is 2.68. The van der Waals surface area contributed by atoms with Crippen molar-refractivity contribution in [3.63, 3.8) is 0 Å². The second-order valence-corrected chi connectivity index (χ2v) is 9.02. The Hall–Kier alpha value is -2.14. The van der Waals surface area contributed by atoms with E-state index in [2.05, 4.69) is 5.32 Å². The van der Waals surface area contributed by atoms with Gasteiger partial charge in [0.25, 0.3) is 0 Å². The molecule has 1 fully saturated rings. The van der Waals surface area contributed by atoms with Crippen LogP contribution in [0.2, 0.25) is 5.02 Å². The van der Waals surface area contributed by atoms with Gasteiger partial charge in [0.1, 0.15) is 4.90 Å². The Morgan fingerprint density at radius 2 is 1.60 bits per heavy atom. The van der Waals surface area contributed by atoms with Gasteiger partial charge in [-0.2, -0.15) is 17.5 Å². The fraction of sp³-hybridized carbons (Fsp3) is 0.316. The topological polar surface area (TPSA) is 69.7 Å². The summed E-state index contributed by atoms with van der Waals surface area (Å²) in [4.78, 5) is 13.9. The van der Waals surface area contributed by atoms with Gasteiger partial charge in [-0.25, -0.2) is 8.42 Å². The number of piperazine rings is 1. The van der Waals surface area contributed by atoms with E-state index >= 15 is 0 Å². The second kappa shape index (κ2) is 8.93. The molecule has 2 aromatic rings. The summed E-state index contributed by atoms with van der Waals surface area (Å²) in [7, 11) is -3.77. The van der Waals surface area contributed by atoms with E-state index in [1.807, 2.05) is 0 Å². The fourth-order valence-corrected chi connectivity index (χ4v) is 5.07. The summed E-state index contributed by atoms with van der Waals surface area (Å²) in [6.45, 7) is 0.655. The van der Waals surface area contributed by atoms with Gasteiger partial charge in [0.05, 0.1) is 22.8 Å². The molecule has 0 radical (unpaired) electrons. The average molecular weight is 462 g/mol. The van der Waals surface area contributed by atoms with Crippen molar-refractivity contribution >= 4 is 33.2 Å². The molecular formula is C19H19ClF3N3O3S. The molecule has 11 heteroatoms. The predicted octanol–water partition coefficient (Wildman–Crippen LogP) is 3.30. The minimum absolute atomic E-state index is 0.0154. The lowest BCUT2D eigenvalue weighted by Crippen LogP contribution is -2.50. The van der Waals surface area contributed by atoms with E-state index < -0.39 is 27.7 Å². The van der Waals surface area contributed by atoms with Crippen LogP contribution in [0.15, 0.2) is 53.4 Å². The van der Waals surface area contributed by atoms with Crippen LogP contribution in [-0.4, -0.2) is 56.3 Å². The van der Waals surface area contributed by atoms with Crippen molar-refractivity contribution in [3.05, 3.63) is 59.1 Å². The molecule has 2 aromatic carbocycles. The maximum atomic E-state index is 13.0. The number of hydrogen-bond acceptors (Lipinski definition) is 4. The van der Waals surface area contributed by atoms with Crippen molar-refractivity contribution in [1.82, 2.24) is 9.21 Å². The zero-order valence-corrected chi connectivity index (χ0v) is 17.3. The van der Waals surface area contributed by atoms with Crippen LogP contribution in [0.1, 0.15) is 5.56 Å². The van der Waals surface area contributed by atoms with Gasteiger partial charge in [0.15, 0.2) is 0 Å². The summed E-state index contributed by atoms with van der Waals surface area (Å²) in [6.07, 6.45) is -4.58. The minimum atomic E-state index is -4.58. The van der Waals surface area contributed by atoms with Crippen LogP contribution in [0, 0.1) is 0 Å². The zero-order valence-electron chi connectivity index (χ0n) is 15.7. The van der Waals surface area contributed by atoms with Crippen molar-refractivity contribution in [3.8, 4) is 0 Å². The lowest BCUT2D eigenvalue weighted by atomic mass is 10.1. The highest BCUT2D eigenvalue weighted by atomic mass is 35.5. The third-order valence-corrected chi connectivity index (χ3v) is 7.06. The van der Waals surface area contributed by atoms with Gasteiger partial charge < -0.3 is 5.32 Å². The summed E-state index contributed by atoms with van der Waals surface area (Å²) in [5, 5.41) is 2.42. The summed E-state index contributed by atoms with van der Waals surface area (Å²) in [6, 6.07) is 10.9. The van der Waals surface area contributed by atoms with E-state index in [-0.39, 0.29) is 48.3 Å². The highest BCUT2D eigenvalue weighted by molar-refractivity contribution is 7.89. The van der Waals surface area contributed by atoms with Gasteiger partial charge in [0, 0.05) is 26.2 Å². The second-order valence-electron chi connectivity index (χ2n) is 6.70. The molecule has 0 unspecified atom stereocenters. The van der Waals surface area contributed by atoms with Crippen molar-refractivity contribution in [2.24, 2.45) is 0 Å². The van der Waals surface area contributed by atoms with E-state index in [0.29, 0.717) is 0 Å². The molecule has 1 heterocycles. The lowest BCUT2D eigenvalue weighted by Gasteiger charge is -2.33. The van der Waals surface area contributed by atoms with Crippen molar-refractivity contribution in [2.75, 3.05) is 38.0 Å². The lowest BCUT2D eigenvalue weighted by molar-refractivity contribution is -0.137. The third-order valence-electron chi connectivity index (χ3n) is 4.66. The Bertz CT molecular complexity index is 1020. The summed E-state index contributed by atoms with van der Waals surface area (Å²) in [5.74, 6) is -0.603. The molecule has 0 bridgehead atoms. The summed E-state index contributed by atoms with van der Waals surface area (Å²) in [5.41, 5.74) is -1.23. The van der Waals surface area contributed by atoms with E-state index in [0.717, 1.165) is 6.07 Å². The largest absolute Gasteiger partial charge is 0.418 e. The number of carbonyl (C=O) groups excluding carboxylic acids is 1. The monoisotopic (exact) mass is 461 g/mol. The quantitative estimate of drug-likeness (QED) is 0.741. The van der Waals surface area contributed by atoms with Crippen LogP contribution < -0.4 is 5.32 Å². The Morgan fingerprint density at radius 1 is 1.00 bits per heavy atom. The van der Waals surface area contributed by atoms with Crippen molar-refractivity contribution in [2.45, 2.75) is 11.1 Å². The van der Waals surface area contributed by atoms with Crippen LogP contribution in [0.4, 0.5) is 18.9 Å². The molecule has 1 amide bonds. The Balaban J connectivity index is 1.59. The first-order valence-electron chi connectivity index (χ1n) is 9.02. The highest BCUT2D eigenvalue weighted by Gasteiger charge is 2.34. The molecule has 0 aromatic heterocycles. The highest BCUT2D eigenvalue weighted by Crippen LogP contribution is 2.34. The molecule has 1 aliphatic rings. The number of halogens is 4. The number of anilines is 1. The molecule has 30 heavy (non-hydrogen) atoms. The number of nitrogens with zero attached hydrogens (tertiary/aromatic N) is 2. The van der Waals surface area contributed by atoms with Gasteiger partial charge >= 0.3 is 6.18 Å². The normalized spacial score (nSPS) is 16.4. The van der Waals surface area contributed by atoms with E-state index in [1.54, 1.807) is 17.0 Å². The number of benzene rings is 2. The fourth-order valence-electron chi connectivity index (χ4n) is 3.15. The molecule has 6 nitrogen and oxygen atoms in total. The number of para-hydroxylation sites is 1. The molecule has 0 aliphatic carbocycles. The van der Waals surface area contributed by atoms with Crippen LogP contribution in [0.5, 0.6) is 0 Å². The van der Waals surface area contributed by atoms with Crippen LogP contribution in [-0.2, 0) is 21.0 Å². The van der Waals surface area contributed by atoms with Gasteiger partial charge in [0.2, 0.25) is 15.9 Å². The van der Waals surface area contributed by atoms with Crippen molar-refractivity contribution in [1.29, 1.82) is 0 Å². The predicted molar refractivity (Wildman–Crippen MR) is 107 cm³/mol. The van der Waals surface area contributed by atoms with Gasteiger partial charge in [-0.15, -0.1) is 0 Å². The molecule has 0 saturated carbocycles. The van der Waals surface area contributed by atoms with E-state index in [1.165, 1.54) is 34.6 Å². The smallest absolute Gasteiger partial charge is 0.324 e. The standard InChI is InChI=1S/C19H19ClF3N3O3S/c20-15-6-2-4-8-17(15)30(28,29)26-11-9-25(10-12-26)13-18(27)24-16-7-3-1-5-14(16)19(21,22)23/h1-8H,9-13H2,(H,24,27). The van der Waals surface area contributed by atoms with Crippen LogP contribution >= 0.6 is 11.6 Å². The number of nitrogens with one attached hydrogen (secondary N) is 1. The molecule has 1 aliphatic heterocycles. The minimum Gasteiger partial charge on any atom is -0.324 e. The van der Waals surface area contributed by atoms with Crippen LogP contribution in [0.25, 0.3) is 0 Å². The van der Waals surface area contributed by atoms with Gasteiger partial charge in [-0.1, -0.05) is 35.9 Å². The molecule has 1 saturated heterocycles. The molecule has 0 spiro atoms. The van der Waals surface area contributed by atoms with Gasteiger partial charge in [-0.3, -0.25) is 9.69 Å². The number of sulfonamides is 1. The zero-order chi connectivity index (χ0) is 21.9. The Labute approximate surface area is 177 Å². The third kappa shape index (κ3) is 5.12. The summed E-state index contributed by atoms with van der Waals surface area (Å²) < 4.78 is 65.9. The Morgan fingerprint density at radius 3 is 2.23 bits per heavy atom. The summed E-state index contributed by atoms with van der Waals surface area (Å²) >= 11 is 6.00. The first-order chi connectivity index (χ1) is 14.1. The first-order valence-corrected chi connectivity index (χ1v) is 10.8.